The minimum Gasteiger partial charge on any atom is -0.497 e. The molecule has 6 heteroatoms. The first-order valence-electron chi connectivity index (χ1n) is 9.57. The van der Waals surface area contributed by atoms with Gasteiger partial charge < -0.3 is 9.64 Å². The van der Waals surface area contributed by atoms with E-state index in [0.29, 0.717) is 18.7 Å². The van der Waals surface area contributed by atoms with Gasteiger partial charge in [0.2, 0.25) is 0 Å². The zero-order chi connectivity index (χ0) is 19.8. The van der Waals surface area contributed by atoms with Crippen LogP contribution in [-0.4, -0.2) is 39.6 Å². The van der Waals surface area contributed by atoms with Gasteiger partial charge in [-0.05, 0) is 41.8 Å². The van der Waals surface area contributed by atoms with Gasteiger partial charge in [0, 0.05) is 30.2 Å². The fraction of sp³-hybridized carbons (Fsp3) is 0.174. The molecule has 0 spiro atoms. The number of aromatic nitrogens is 3. The van der Waals surface area contributed by atoms with Crippen LogP contribution in [0.1, 0.15) is 21.5 Å². The van der Waals surface area contributed by atoms with E-state index >= 15 is 0 Å². The first-order chi connectivity index (χ1) is 14.2. The van der Waals surface area contributed by atoms with Crippen molar-refractivity contribution in [2.24, 2.45) is 0 Å². The number of fused-ring (bicyclic) bond motifs is 2. The maximum Gasteiger partial charge on any atom is 0.254 e. The largest absolute Gasteiger partial charge is 0.497 e. The summed E-state index contributed by atoms with van der Waals surface area (Å²) in [5, 5.41) is 7.69. The molecule has 0 bridgehead atoms. The highest BCUT2D eigenvalue weighted by Crippen LogP contribution is 2.28. The summed E-state index contributed by atoms with van der Waals surface area (Å²) < 4.78 is 5.33. The second kappa shape index (κ2) is 7.05. The molecule has 1 aliphatic heterocycles. The molecule has 3 heterocycles. The number of amides is 1. The normalized spacial score (nSPS) is 13.3. The maximum atomic E-state index is 13.5. The average molecular weight is 384 g/mol. The number of rotatable bonds is 3. The van der Waals surface area contributed by atoms with Crippen LogP contribution in [0.4, 0.5) is 0 Å². The number of nitrogens with one attached hydrogen (secondary N) is 1. The molecule has 0 radical (unpaired) electrons. The Balaban J connectivity index is 1.54. The van der Waals surface area contributed by atoms with Crippen LogP contribution < -0.4 is 4.74 Å². The van der Waals surface area contributed by atoms with Gasteiger partial charge in [0.25, 0.3) is 5.91 Å². The maximum absolute atomic E-state index is 13.5. The Hall–Kier alpha value is -3.67. The third kappa shape index (κ3) is 3.12. The Morgan fingerprint density at radius 3 is 2.86 bits per heavy atom. The van der Waals surface area contributed by atoms with Gasteiger partial charge in [-0.3, -0.25) is 9.89 Å². The van der Waals surface area contributed by atoms with E-state index in [0.717, 1.165) is 34.3 Å². The molecule has 1 amide bonds. The quantitative estimate of drug-likeness (QED) is 0.583. The number of carbonyl (C=O) groups excluding carboxylic acids is 1. The highest BCUT2D eigenvalue weighted by atomic mass is 16.5. The molecule has 1 N–H and O–H groups in total. The fourth-order valence-electron chi connectivity index (χ4n) is 3.89. The molecule has 0 atom stereocenters. The van der Waals surface area contributed by atoms with E-state index in [1.165, 1.54) is 11.1 Å². The molecule has 0 unspecified atom stereocenters. The molecule has 2 aromatic carbocycles. The molecule has 0 saturated carbocycles. The van der Waals surface area contributed by atoms with Crippen LogP contribution in [0, 0.1) is 0 Å². The molecule has 1 aliphatic rings. The Bertz CT molecular complexity index is 1200. The summed E-state index contributed by atoms with van der Waals surface area (Å²) in [4.78, 5) is 20.1. The van der Waals surface area contributed by atoms with E-state index in [2.05, 4.69) is 22.3 Å². The van der Waals surface area contributed by atoms with Crippen molar-refractivity contribution in [1.29, 1.82) is 0 Å². The van der Waals surface area contributed by atoms with E-state index in [1.54, 1.807) is 19.5 Å². The molecule has 0 saturated heterocycles. The molecule has 0 aliphatic carbocycles. The van der Waals surface area contributed by atoms with E-state index in [-0.39, 0.29) is 5.91 Å². The molecule has 6 nitrogen and oxygen atoms in total. The Morgan fingerprint density at radius 2 is 2.03 bits per heavy atom. The number of pyridine rings is 1. The number of aromatic amines is 1. The average Bonchev–Trinajstić information content (AvgIpc) is 3.32. The predicted octanol–water partition coefficient (Wildman–Crippen LogP) is 3.83. The fourth-order valence-corrected chi connectivity index (χ4v) is 3.89. The summed E-state index contributed by atoms with van der Waals surface area (Å²) in [5.74, 6) is 0.878. The van der Waals surface area contributed by atoms with E-state index < -0.39 is 0 Å². The molecule has 29 heavy (non-hydrogen) atoms. The molecular weight excluding hydrogens is 364 g/mol. The summed E-state index contributed by atoms with van der Waals surface area (Å²) in [5.41, 5.74) is 5.48. The van der Waals surface area contributed by atoms with Gasteiger partial charge in [0.15, 0.2) is 0 Å². The van der Waals surface area contributed by atoms with Crippen molar-refractivity contribution >= 4 is 16.8 Å². The number of nitrogens with zero attached hydrogens (tertiary/aromatic N) is 3. The van der Waals surface area contributed by atoms with Gasteiger partial charge in [-0.1, -0.05) is 24.3 Å². The summed E-state index contributed by atoms with van der Waals surface area (Å²) in [6.07, 6.45) is 4.32. The van der Waals surface area contributed by atoms with Crippen molar-refractivity contribution in [3.05, 3.63) is 77.6 Å². The lowest BCUT2D eigenvalue weighted by atomic mass is 9.98. The van der Waals surface area contributed by atoms with Crippen LogP contribution in [0.15, 0.2) is 60.9 Å². The molecule has 144 valence electrons. The second-order valence-electron chi connectivity index (χ2n) is 7.17. The SMILES string of the molecule is COc1ccc2c(c1)CCN(C(=O)c1cc(-c3cn[nH]c3)nc3ccccc13)C2. The Morgan fingerprint density at radius 1 is 1.14 bits per heavy atom. The van der Waals surface area contributed by atoms with Crippen molar-refractivity contribution < 1.29 is 9.53 Å². The lowest BCUT2D eigenvalue weighted by Crippen LogP contribution is -2.36. The Kier molecular flexibility index (Phi) is 4.24. The lowest BCUT2D eigenvalue weighted by Gasteiger charge is -2.29. The van der Waals surface area contributed by atoms with Gasteiger partial charge in [0.1, 0.15) is 5.75 Å². The summed E-state index contributed by atoms with van der Waals surface area (Å²) in [6, 6.07) is 15.7. The van der Waals surface area contributed by atoms with Gasteiger partial charge in [-0.25, -0.2) is 4.98 Å². The molecule has 4 aromatic rings. The predicted molar refractivity (Wildman–Crippen MR) is 111 cm³/mol. The molecule has 2 aromatic heterocycles. The highest BCUT2D eigenvalue weighted by Gasteiger charge is 2.24. The number of carbonyl (C=O) groups is 1. The number of ether oxygens (including phenoxy) is 1. The number of para-hydroxylation sites is 1. The van der Waals surface area contributed by atoms with Crippen molar-refractivity contribution in [2.75, 3.05) is 13.7 Å². The van der Waals surface area contributed by atoms with Crippen LogP contribution in [0.3, 0.4) is 0 Å². The molecular formula is C23H20N4O2. The number of H-pyrrole nitrogens is 1. The number of benzene rings is 2. The summed E-state index contributed by atoms with van der Waals surface area (Å²) in [7, 11) is 1.67. The van der Waals surface area contributed by atoms with E-state index in [4.69, 9.17) is 9.72 Å². The second-order valence-corrected chi connectivity index (χ2v) is 7.17. The van der Waals surface area contributed by atoms with Gasteiger partial charge >= 0.3 is 0 Å². The summed E-state index contributed by atoms with van der Waals surface area (Å²) in [6.45, 7) is 1.27. The number of hydrogen-bond acceptors (Lipinski definition) is 4. The van der Waals surface area contributed by atoms with Crippen LogP contribution in [0.2, 0.25) is 0 Å². The van der Waals surface area contributed by atoms with E-state index in [9.17, 15) is 4.79 Å². The van der Waals surface area contributed by atoms with Gasteiger partial charge in [0.05, 0.1) is 30.1 Å². The zero-order valence-corrected chi connectivity index (χ0v) is 16.1. The van der Waals surface area contributed by atoms with Crippen molar-refractivity contribution in [1.82, 2.24) is 20.1 Å². The number of methoxy groups -OCH3 is 1. The minimum atomic E-state index is 0.0230. The monoisotopic (exact) mass is 384 g/mol. The summed E-state index contributed by atoms with van der Waals surface area (Å²) >= 11 is 0. The van der Waals surface area contributed by atoms with Crippen molar-refractivity contribution in [3.8, 4) is 17.0 Å². The molecule has 5 rings (SSSR count). The van der Waals surface area contributed by atoms with Crippen LogP contribution >= 0.6 is 0 Å². The van der Waals surface area contributed by atoms with Crippen LogP contribution in [0.25, 0.3) is 22.2 Å². The minimum absolute atomic E-state index is 0.0230. The van der Waals surface area contributed by atoms with Crippen LogP contribution in [0.5, 0.6) is 5.75 Å². The van der Waals surface area contributed by atoms with Gasteiger partial charge in [-0.2, -0.15) is 5.10 Å². The first-order valence-corrected chi connectivity index (χ1v) is 9.57. The lowest BCUT2D eigenvalue weighted by molar-refractivity contribution is 0.0736. The topological polar surface area (TPSA) is 71.1 Å². The van der Waals surface area contributed by atoms with Crippen molar-refractivity contribution in [3.63, 3.8) is 0 Å². The highest BCUT2D eigenvalue weighted by molar-refractivity contribution is 6.07. The molecule has 0 fully saturated rings. The van der Waals surface area contributed by atoms with E-state index in [1.807, 2.05) is 41.3 Å². The van der Waals surface area contributed by atoms with Gasteiger partial charge in [-0.15, -0.1) is 0 Å². The standard InChI is InChI=1S/C23H20N4O2/c1-29-18-7-6-16-14-27(9-8-15(16)10-18)23(28)20-11-22(17-12-24-25-13-17)26-21-5-3-2-4-19(20)21/h2-7,10-13H,8-9,14H2,1H3,(H,24,25). The zero-order valence-electron chi connectivity index (χ0n) is 16.1. The first kappa shape index (κ1) is 17.4. The Labute approximate surface area is 168 Å². The van der Waals surface area contributed by atoms with Crippen molar-refractivity contribution in [2.45, 2.75) is 13.0 Å². The third-order valence-electron chi connectivity index (χ3n) is 5.45. The smallest absolute Gasteiger partial charge is 0.254 e. The third-order valence-corrected chi connectivity index (χ3v) is 5.45. The van der Waals surface area contributed by atoms with Crippen LogP contribution in [-0.2, 0) is 13.0 Å². The number of hydrogen-bond donors (Lipinski definition) is 1.